The minimum atomic E-state index is -6.10. The summed E-state index contributed by atoms with van der Waals surface area (Å²) in [6, 6.07) is 0.168. The Kier molecular flexibility index (Phi) is 6.29. The van der Waals surface area contributed by atoms with Gasteiger partial charge in [-0.2, -0.15) is 40.9 Å². The number of halogens is 7. The first kappa shape index (κ1) is 25.6. The van der Waals surface area contributed by atoms with E-state index in [0.29, 0.717) is 27.1 Å². The molecule has 0 bridgehead atoms. The highest BCUT2D eigenvalue weighted by Crippen LogP contribution is 2.48. The first-order valence-corrected chi connectivity index (χ1v) is 10.7. The summed E-state index contributed by atoms with van der Waals surface area (Å²) < 4.78 is 98.4. The fraction of sp³-hybridized carbons (Fsp3) is 0.476. The fourth-order valence-electron chi connectivity index (χ4n) is 3.77. The number of allylic oxidation sites excluding steroid dienone is 1. The number of rotatable bonds is 7. The van der Waals surface area contributed by atoms with Crippen molar-refractivity contribution in [3.05, 3.63) is 41.0 Å². The Labute approximate surface area is 200 Å². The summed E-state index contributed by atoms with van der Waals surface area (Å²) in [5.74, 6) is -7.89. The number of carbonyl (C=O) groups is 1. The zero-order valence-electron chi connectivity index (χ0n) is 19.2. The van der Waals surface area contributed by atoms with Crippen LogP contribution in [0, 0.1) is 0 Å². The van der Waals surface area contributed by atoms with Crippen molar-refractivity contribution in [2.45, 2.75) is 44.5 Å². The van der Waals surface area contributed by atoms with E-state index in [1.165, 1.54) is 12.4 Å². The molecule has 0 atom stereocenters. The van der Waals surface area contributed by atoms with Gasteiger partial charge in [0.2, 0.25) is 0 Å². The summed E-state index contributed by atoms with van der Waals surface area (Å²) in [6.07, 6.45) is -0.179. The van der Waals surface area contributed by atoms with Crippen LogP contribution in [0.3, 0.4) is 0 Å². The highest BCUT2D eigenvalue weighted by atomic mass is 19.4. The van der Waals surface area contributed by atoms with Crippen molar-refractivity contribution < 1.29 is 40.3 Å². The molecule has 196 valence electrons. The van der Waals surface area contributed by atoms with Crippen LogP contribution in [0.25, 0.3) is 11.4 Å². The predicted octanol–water partition coefficient (Wildman–Crippen LogP) is 3.74. The van der Waals surface area contributed by atoms with Crippen LogP contribution in [0.4, 0.5) is 30.7 Å². The summed E-state index contributed by atoms with van der Waals surface area (Å²) in [7, 11) is 2.69. The second kappa shape index (κ2) is 8.85. The van der Waals surface area contributed by atoms with Crippen LogP contribution in [-0.4, -0.2) is 62.8 Å². The molecule has 0 aromatic carbocycles. The van der Waals surface area contributed by atoms with Crippen LogP contribution in [0.15, 0.2) is 29.7 Å². The summed E-state index contributed by atoms with van der Waals surface area (Å²) in [5.41, 5.74) is -0.0610. The van der Waals surface area contributed by atoms with Crippen LogP contribution in [-0.2, 0) is 17.8 Å². The standard InChI is InChI=1S/C21H21F7N6O2/c1-10-14(18(35)32(2)13-4-5-13)6-11(7-29-10)12-8-30-34(9-12)17-15(36-19(22)23)16(31-33(17)3)20(24,25)21(26,27)28/h6,8-9,13,19,29H,4-5,7H2,1-3H3. The van der Waals surface area contributed by atoms with Gasteiger partial charge in [0.1, 0.15) is 0 Å². The van der Waals surface area contributed by atoms with E-state index >= 15 is 0 Å². The molecule has 0 spiro atoms. The maximum absolute atomic E-state index is 14.0. The van der Waals surface area contributed by atoms with Gasteiger partial charge in [-0.25, -0.2) is 9.36 Å². The van der Waals surface area contributed by atoms with Crippen LogP contribution in [0.5, 0.6) is 5.75 Å². The Morgan fingerprint density at radius 1 is 1.25 bits per heavy atom. The number of hydrogen-bond donors (Lipinski definition) is 1. The van der Waals surface area contributed by atoms with E-state index in [-0.39, 0.29) is 18.5 Å². The molecule has 2 aliphatic rings. The SMILES string of the molecule is CC1=C(C(=O)N(C)C2CC2)C=C(c2cnn(-c3c(OC(F)F)c(C(F)(F)C(F)(F)F)nn3C)c2)CN1. The molecular formula is C21H21F7N6O2. The van der Waals surface area contributed by atoms with Crippen molar-refractivity contribution in [1.82, 2.24) is 29.8 Å². The third-order valence-electron chi connectivity index (χ3n) is 5.92. The van der Waals surface area contributed by atoms with Crippen molar-refractivity contribution in [2.24, 2.45) is 7.05 Å². The topological polar surface area (TPSA) is 77.2 Å². The van der Waals surface area contributed by atoms with E-state index in [4.69, 9.17) is 0 Å². The van der Waals surface area contributed by atoms with Crippen LogP contribution >= 0.6 is 0 Å². The Bertz CT molecular complexity index is 1240. The number of amides is 1. The zero-order chi connectivity index (χ0) is 26.6. The predicted molar refractivity (Wildman–Crippen MR) is 111 cm³/mol. The van der Waals surface area contributed by atoms with Gasteiger partial charge in [0.15, 0.2) is 17.3 Å². The first-order chi connectivity index (χ1) is 16.7. The molecule has 4 rings (SSSR count). The Hall–Kier alpha value is -3.52. The van der Waals surface area contributed by atoms with Crippen molar-refractivity contribution >= 4 is 11.5 Å². The highest BCUT2D eigenvalue weighted by molar-refractivity contribution is 5.99. The summed E-state index contributed by atoms with van der Waals surface area (Å²) in [4.78, 5) is 14.5. The molecule has 0 radical (unpaired) electrons. The van der Waals surface area contributed by atoms with Crippen LogP contribution < -0.4 is 10.1 Å². The molecule has 36 heavy (non-hydrogen) atoms. The number of likely N-dealkylation sites (N-methyl/N-ethyl adjacent to an activating group) is 1. The molecule has 8 nitrogen and oxygen atoms in total. The maximum Gasteiger partial charge on any atom is 0.459 e. The van der Waals surface area contributed by atoms with Gasteiger partial charge in [-0.15, -0.1) is 0 Å². The largest absolute Gasteiger partial charge is 0.459 e. The molecule has 1 aliphatic heterocycles. The molecule has 2 aromatic heterocycles. The summed E-state index contributed by atoms with van der Waals surface area (Å²) in [5, 5.41) is 10.1. The van der Waals surface area contributed by atoms with Crippen molar-refractivity contribution in [3.63, 3.8) is 0 Å². The molecule has 1 amide bonds. The Balaban J connectivity index is 1.73. The van der Waals surface area contributed by atoms with Gasteiger partial charge in [-0.1, -0.05) is 0 Å². The molecule has 1 aliphatic carbocycles. The maximum atomic E-state index is 14.0. The Morgan fingerprint density at radius 2 is 1.92 bits per heavy atom. The number of carbonyl (C=O) groups excluding carboxylic acids is 1. The van der Waals surface area contributed by atoms with Crippen LogP contribution in [0.1, 0.15) is 31.0 Å². The third-order valence-corrected chi connectivity index (χ3v) is 5.92. The number of nitrogens with one attached hydrogen (secondary N) is 1. The van der Waals surface area contributed by atoms with Gasteiger partial charge in [0, 0.05) is 44.1 Å². The Morgan fingerprint density at radius 3 is 2.50 bits per heavy atom. The van der Waals surface area contributed by atoms with Crippen LogP contribution in [0.2, 0.25) is 0 Å². The molecule has 0 unspecified atom stereocenters. The fourth-order valence-corrected chi connectivity index (χ4v) is 3.77. The zero-order valence-corrected chi connectivity index (χ0v) is 19.2. The van der Waals surface area contributed by atoms with Gasteiger partial charge in [-0.05, 0) is 31.4 Å². The van der Waals surface area contributed by atoms with E-state index in [1.54, 1.807) is 24.9 Å². The van der Waals surface area contributed by atoms with Gasteiger partial charge in [-0.3, -0.25) is 4.79 Å². The average Bonchev–Trinajstić information content (AvgIpc) is 3.44. The summed E-state index contributed by atoms with van der Waals surface area (Å²) in [6.45, 7) is -1.72. The van der Waals surface area contributed by atoms with E-state index in [1.807, 2.05) is 0 Å². The number of nitrogens with zero attached hydrogens (tertiary/aromatic N) is 5. The molecule has 0 saturated heterocycles. The molecule has 1 saturated carbocycles. The number of hydrogen-bond acceptors (Lipinski definition) is 5. The highest BCUT2D eigenvalue weighted by Gasteiger charge is 2.62. The normalized spacial score (nSPS) is 16.8. The van der Waals surface area contributed by atoms with Crippen molar-refractivity contribution in [3.8, 4) is 11.6 Å². The quantitative estimate of drug-likeness (QED) is 0.561. The van der Waals surface area contributed by atoms with Gasteiger partial charge in [0.25, 0.3) is 5.91 Å². The van der Waals surface area contributed by atoms with Gasteiger partial charge in [0.05, 0.1) is 11.8 Å². The average molecular weight is 522 g/mol. The lowest BCUT2D eigenvalue weighted by Crippen LogP contribution is -2.34. The monoisotopic (exact) mass is 522 g/mol. The third kappa shape index (κ3) is 4.53. The molecule has 1 fully saturated rings. The van der Waals surface area contributed by atoms with Gasteiger partial charge >= 0.3 is 18.7 Å². The minimum Gasteiger partial charge on any atom is -0.428 e. The molecule has 1 N–H and O–H groups in total. The number of ether oxygens (including phenoxy) is 1. The van der Waals surface area contributed by atoms with Crippen molar-refractivity contribution in [1.29, 1.82) is 0 Å². The molecule has 3 heterocycles. The molecule has 2 aromatic rings. The van der Waals surface area contributed by atoms with E-state index in [0.717, 1.165) is 24.6 Å². The second-order valence-corrected chi connectivity index (χ2v) is 8.46. The van der Waals surface area contributed by atoms with E-state index in [2.05, 4.69) is 20.3 Å². The number of aromatic nitrogens is 4. The lowest BCUT2D eigenvalue weighted by atomic mass is 10.0. The van der Waals surface area contributed by atoms with E-state index in [9.17, 15) is 35.5 Å². The smallest absolute Gasteiger partial charge is 0.428 e. The first-order valence-electron chi connectivity index (χ1n) is 10.7. The lowest BCUT2D eigenvalue weighted by Gasteiger charge is -2.23. The number of alkyl halides is 7. The van der Waals surface area contributed by atoms with Crippen molar-refractivity contribution in [2.75, 3.05) is 13.6 Å². The number of aryl methyl sites for hydroxylation is 1. The number of dihydropyridines is 1. The second-order valence-electron chi connectivity index (χ2n) is 8.46. The van der Waals surface area contributed by atoms with E-state index < -0.39 is 36.0 Å². The summed E-state index contributed by atoms with van der Waals surface area (Å²) >= 11 is 0. The minimum absolute atomic E-state index is 0.168. The van der Waals surface area contributed by atoms with Gasteiger partial charge < -0.3 is 15.0 Å². The lowest BCUT2D eigenvalue weighted by molar-refractivity contribution is -0.291. The molecular weight excluding hydrogens is 501 g/mol. The molecule has 15 heteroatoms.